The van der Waals surface area contributed by atoms with Crippen LogP contribution in [0.15, 0.2) is 34.7 Å². The van der Waals surface area contributed by atoms with Crippen LogP contribution in [0.4, 0.5) is 4.39 Å². The van der Waals surface area contributed by atoms with Crippen LogP contribution in [0.5, 0.6) is 0 Å². The SMILES string of the molecule is CCCNC(Cc1ccc(Cl)cc1F)c1ccc(CC)o1. The number of hydrogen-bond donors (Lipinski definition) is 1. The Morgan fingerprint density at radius 1 is 1.24 bits per heavy atom. The van der Waals surface area contributed by atoms with Crippen LogP contribution in [0.1, 0.15) is 43.4 Å². The van der Waals surface area contributed by atoms with E-state index >= 15 is 0 Å². The van der Waals surface area contributed by atoms with Crippen LogP contribution in [0.25, 0.3) is 0 Å². The Morgan fingerprint density at radius 2 is 2.05 bits per heavy atom. The van der Waals surface area contributed by atoms with E-state index in [-0.39, 0.29) is 11.9 Å². The molecule has 4 heteroatoms. The zero-order chi connectivity index (χ0) is 15.2. The predicted octanol–water partition coefficient (Wildman–Crippen LogP) is 4.92. The largest absolute Gasteiger partial charge is 0.464 e. The molecule has 0 radical (unpaired) electrons. The van der Waals surface area contributed by atoms with Crippen molar-refractivity contribution in [3.63, 3.8) is 0 Å². The number of halogens is 2. The van der Waals surface area contributed by atoms with E-state index < -0.39 is 0 Å². The molecular formula is C17H21ClFNO. The first-order valence-corrected chi connectivity index (χ1v) is 7.77. The second kappa shape index (κ2) is 7.62. The molecule has 1 aromatic carbocycles. The normalized spacial score (nSPS) is 12.6. The molecule has 0 saturated carbocycles. The first-order valence-electron chi connectivity index (χ1n) is 7.40. The van der Waals surface area contributed by atoms with Crippen molar-refractivity contribution in [1.82, 2.24) is 5.32 Å². The third-order valence-electron chi connectivity index (χ3n) is 3.45. The number of hydrogen-bond acceptors (Lipinski definition) is 2. The molecular weight excluding hydrogens is 289 g/mol. The summed E-state index contributed by atoms with van der Waals surface area (Å²) in [6.07, 6.45) is 2.41. The van der Waals surface area contributed by atoms with E-state index in [2.05, 4.69) is 19.2 Å². The molecule has 0 amide bonds. The molecule has 21 heavy (non-hydrogen) atoms. The van der Waals surface area contributed by atoms with Crippen molar-refractivity contribution >= 4 is 11.6 Å². The standard InChI is InChI=1S/C17H21ClFNO/c1-3-9-20-16(17-8-7-14(4-2)21-17)10-12-5-6-13(18)11-15(12)19/h5-8,11,16,20H,3-4,9-10H2,1-2H3. The van der Waals surface area contributed by atoms with E-state index in [4.69, 9.17) is 16.0 Å². The lowest BCUT2D eigenvalue weighted by atomic mass is 10.0. The summed E-state index contributed by atoms with van der Waals surface area (Å²) in [4.78, 5) is 0. The van der Waals surface area contributed by atoms with E-state index in [1.165, 1.54) is 6.07 Å². The molecule has 0 aliphatic rings. The minimum Gasteiger partial charge on any atom is -0.464 e. The zero-order valence-corrected chi connectivity index (χ0v) is 13.2. The van der Waals surface area contributed by atoms with Crippen molar-refractivity contribution in [2.75, 3.05) is 6.54 Å². The topological polar surface area (TPSA) is 25.2 Å². The lowest BCUT2D eigenvalue weighted by Crippen LogP contribution is -2.24. The van der Waals surface area contributed by atoms with Gasteiger partial charge in [0.15, 0.2) is 0 Å². The Labute approximate surface area is 130 Å². The second-order valence-corrected chi connectivity index (χ2v) is 5.54. The molecule has 1 unspecified atom stereocenters. The Hall–Kier alpha value is -1.32. The number of furan rings is 1. The minimum absolute atomic E-state index is 0.0269. The van der Waals surface area contributed by atoms with Crippen LogP contribution in [0.2, 0.25) is 5.02 Å². The van der Waals surface area contributed by atoms with E-state index in [0.29, 0.717) is 17.0 Å². The maximum absolute atomic E-state index is 14.0. The molecule has 1 heterocycles. The van der Waals surface area contributed by atoms with Gasteiger partial charge in [-0.05, 0) is 49.2 Å². The van der Waals surface area contributed by atoms with Gasteiger partial charge in [-0.25, -0.2) is 4.39 Å². The molecule has 2 aromatic rings. The fraction of sp³-hybridized carbons (Fsp3) is 0.412. The van der Waals surface area contributed by atoms with Gasteiger partial charge < -0.3 is 9.73 Å². The van der Waals surface area contributed by atoms with Crippen molar-refractivity contribution in [1.29, 1.82) is 0 Å². The zero-order valence-electron chi connectivity index (χ0n) is 12.5. The molecule has 0 bridgehead atoms. The molecule has 0 spiro atoms. The highest BCUT2D eigenvalue weighted by Crippen LogP contribution is 2.24. The third kappa shape index (κ3) is 4.32. The minimum atomic E-state index is -0.270. The van der Waals surface area contributed by atoms with E-state index in [1.54, 1.807) is 12.1 Å². The first-order chi connectivity index (χ1) is 10.1. The summed E-state index contributed by atoms with van der Waals surface area (Å²) in [5.41, 5.74) is 0.641. The summed E-state index contributed by atoms with van der Waals surface area (Å²) in [6, 6.07) is 8.74. The monoisotopic (exact) mass is 309 g/mol. The Kier molecular flexibility index (Phi) is 5.83. The van der Waals surface area contributed by atoms with Gasteiger partial charge in [-0.2, -0.15) is 0 Å². The molecule has 2 nitrogen and oxygen atoms in total. The van der Waals surface area contributed by atoms with Crippen LogP contribution in [-0.2, 0) is 12.8 Å². The van der Waals surface area contributed by atoms with E-state index in [9.17, 15) is 4.39 Å². The lowest BCUT2D eigenvalue weighted by molar-refractivity contribution is 0.389. The molecule has 1 aromatic heterocycles. The van der Waals surface area contributed by atoms with Crippen molar-refractivity contribution in [2.24, 2.45) is 0 Å². The highest BCUT2D eigenvalue weighted by Gasteiger charge is 2.17. The summed E-state index contributed by atoms with van der Waals surface area (Å²) in [7, 11) is 0. The highest BCUT2D eigenvalue weighted by molar-refractivity contribution is 6.30. The molecule has 0 saturated heterocycles. The van der Waals surface area contributed by atoms with Gasteiger partial charge in [-0.1, -0.05) is 31.5 Å². The summed E-state index contributed by atoms with van der Waals surface area (Å²) < 4.78 is 19.8. The van der Waals surface area contributed by atoms with Gasteiger partial charge in [0.05, 0.1) is 6.04 Å². The van der Waals surface area contributed by atoms with Crippen LogP contribution in [-0.4, -0.2) is 6.54 Å². The van der Waals surface area contributed by atoms with Gasteiger partial charge in [0.25, 0.3) is 0 Å². The fourth-order valence-electron chi connectivity index (χ4n) is 2.27. The Balaban J connectivity index is 2.19. The second-order valence-electron chi connectivity index (χ2n) is 5.10. The van der Waals surface area contributed by atoms with Gasteiger partial charge in [-0.15, -0.1) is 0 Å². The van der Waals surface area contributed by atoms with Crippen molar-refractivity contribution in [2.45, 2.75) is 39.2 Å². The molecule has 0 fully saturated rings. The van der Waals surface area contributed by atoms with E-state index in [0.717, 1.165) is 30.9 Å². The number of rotatable bonds is 7. The van der Waals surface area contributed by atoms with Crippen LogP contribution >= 0.6 is 11.6 Å². The molecule has 114 valence electrons. The van der Waals surface area contributed by atoms with Gasteiger partial charge in [0.1, 0.15) is 17.3 Å². The molecule has 2 rings (SSSR count). The molecule has 1 N–H and O–H groups in total. The Bertz CT molecular complexity index is 582. The van der Waals surface area contributed by atoms with Crippen molar-refractivity contribution < 1.29 is 8.81 Å². The van der Waals surface area contributed by atoms with E-state index in [1.807, 2.05) is 12.1 Å². The number of benzene rings is 1. The number of aryl methyl sites for hydroxylation is 1. The fourth-order valence-corrected chi connectivity index (χ4v) is 2.43. The first kappa shape index (κ1) is 16.1. The van der Waals surface area contributed by atoms with Crippen molar-refractivity contribution in [3.8, 4) is 0 Å². The van der Waals surface area contributed by atoms with Crippen LogP contribution < -0.4 is 5.32 Å². The van der Waals surface area contributed by atoms with Gasteiger partial charge >= 0.3 is 0 Å². The Morgan fingerprint density at radius 3 is 2.67 bits per heavy atom. The maximum Gasteiger partial charge on any atom is 0.127 e. The molecule has 0 aliphatic heterocycles. The number of nitrogens with one attached hydrogen (secondary N) is 1. The highest BCUT2D eigenvalue weighted by atomic mass is 35.5. The maximum atomic E-state index is 14.0. The summed E-state index contributed by atoms with van der Waals surface area (Å²) >= 11 is 5.80. The summed E-state index contributed by atoms with van der Waals surface area (Å²) in [6.45, 7) is 5.02. The summed E-state index contributed by atoms with van der Waals surface area (Å²) in [5, 5.41) is 3.84. The van der Waals surface area contributed by atoms with Crippen LogP contribution in [0.3, 0.4) is 0 Å². The third-order valence-corrected chi connectivity index (χ3v) is 3.69. The van der Waals surface area contributed by atoms with Crippen molar-refractivity contribution in [3.05, 3.63) is 58.3 Å². The quantitative estimate of drug-likeness (QED) is 0.785. The van der Waals surface area contributed by atoms with Gasteiger partial charge in [0, 0.05) is 11.4 Å². The van der Waals surface area contributed by atoms with Gasteiger partial charge in [-0.3, -0.25) is 0 Å². The average Bonchev–Trinajstić information content (AvgIpc) is 2.94. The molecule has 0 aliphatic carbocycles. The van der Waals surface area contributed by atoms with Gasteiger partial charge in [0.2, 0.25) is 0 Å². The average molecular weight is 310 g/mol. The summed E-state index contributed by atoms with van der Waals surface area (Å²) in [5.74, 6) is 1.53. The smallest absolute Gasteiger partial charge is 0.127 e. The molecule has 1 atom stereocenters. The van der Waals surface area contributed by atoms with Crippen LogP contribution in [0, 0.1) is 5.82 Å². The predicted molar refractivity (Wildman–Crippen MR) is 84.2 cm³/mol. The lowest BCUT2D eigenvalue weighted by Gasteiger charge is -2.17.